The molecule has 3 rings (SSSR count). The van der Waals surface area contributed by atoms with Gasteiger partial charge in [-0.3, -0.25) is 4.79 Å². The zero-order valence-corrected chi connectivity index (χ0v) is 17.6. The quantitative estimate of drug-likeness (QED) is 0.242. The Bertz CT molecular complexity index is 1110. The fraction of sp³-hybridized carbons (Fsp3) is 0.125. The number of benzene rings is 3. The lowest BCUT2D eigenvalue weighted by Crippen LogP contribution is -2.17. The van der Waals surface area contributed by atoms with Crippen molar-refractivity contribution in [3.8, 4) is 23.0 Å². The highest BCUT2D eigenvalue weighted by Crippen LogP contribution is 2.28. The van der Waals surface area contributed by atoms with E-state index in [9.17, 15) is 14.7 Å². The van der Waals surface area contributed by atoms with Gasteiger partial charge in [0.1, 0.15) is 11.5 Å². The monoisotopic (exact) mass is 434 g/mol. The van der Waals surface area contributed by atoms with Crippen molar-refractivity contribution >= 4 is 18.1 Å². The van der Waals surface area contributed by atoms with Crippen molar-refractivity contribution in [1.82, 2.24) is 5.43 Å². The highest BCUT2D eigenvalue weighted by atomic mass is 16.6. The third kappa shape index (κ3) is 5.85. The first-order valence-electron chi connectivity index (χ1n) is 9.75. The molecule has 0 saturated heterocycles. The van der Waals surface area contributed by atoms with Crippen LogP contribution in [0.1, 0.15) is 33.2 Å². The number of carbonyl (C=O) groups excluding carboxylic acids is 2. The van der Waals surface area contributed by atoms with E-state index >= 15 is 0 Å². The van der Waals surface area contributed by atoms with Crippen LogP contribution in [0.15, 0.2) is 71.8 Å². The topological polar surface area (TPSA) is 106 Å². The van der Waals surface area contributed by atoms with Crippen molar-refractivity contribution in [2.24, 2.45) is 5.10 Å². The molecule has 0 heterocycles. The lowest BCUT2D eigenvalue weighted by Gasteiger charge is -2.10. The number of esters is 1. The minimum Gasteiger partial charge on any atom is -0.508 e. The second-order valence-corrected chi connectivity index (χ2v) is 6.50. The summed E-state index contributed by atoms with van der Waals surface area (Å²) in [4.78, 5) is 24.5. The molecule has 0 aromatic heterocycles. The van der Waals surface area contributed by atoms with Gasteiger partial charge in [-0.15, -0.1) is 0 Å². The van der Waals surface area contributed by atoms with Crippen LogP contribution in [0.2, 0.25) is 0 Å². The van der Waals surface area contributed by atoms with Gasteiger partial charge in [0.25, 0.3) is 5.91 Å². The molecule has 0 saturated carbocycles. The number of rotatable bonds is 8. The van der Waals surface area contributed by atoms with Gasteiger partial charge in [-0.2, -0.15) is 5.10 Å². The van der Waals surface area contributed by atoms with Crippen molar-refractivity contribution in [3.63, 3.8) is 0 Å². The number of phenolic OH excluding ortho intramolecular Hbond substituents is 1. The standard InChI is InChI=1S/C24H22N2O6/c1-3-31-20-11-7-18(8-12-20)24(29)32-21-13-4-16(14-22(21)30-2)15-25-26-23(28)17-5-9-19(27)10-6-17/h4-15,27H,3H2,1-2H3,(H,26,28). The molecular weight excluding hydrogens is 412 g/mol. The Kier molecular flexibility index (Phi) is 7.42. The molecule has 164 valence electrons. The lowest BCUT2D eigenvalue weighted by atomic mass is 10.2. The van der Waals surface area contributed by atoms with Gasteiger partial charge in [0, 0.05) is 5.56 Å². The maximum atomic E-state index is 12.4. The minimum atomic E-state index is -0.533. The number of phenols is 1. The molecule has 32 heavy (non-hydrogen) atoms. The molecule has 0 aliphatic carbocycles. The highest BCUT2D eigenvalue weighted by molar-refractivity contribution is 5.95. The van der Waals surface area contributed by atoms with Crippen LogP contribution >= 0.6 is 0 Å². The molecule has 2 N–H and O–H groups in total. The predicted molar refractivity (Wildman–Crippen MR) is 119 cm³/mol. The van der Waals surface area contributed by atoms with Gasteiger partial charge in [-0.1, -0.05) is 0 Å². The number of amides is 1. The summed E-state index contributed by atoms with van der Waals surface area (Å²) in [6.07, 6.45) is 1.43. The third-order valence-electron chi connectivity index (χ3n) is 4.30. The van der Waals surface area contributed by atoms with Gasteiger partial charge in [0.15, 0.2) is 11.5 Å². The fourth-order valence-electron chi connectivity index (χ4n) is 2.70. The summed E-state index contributed by atoms with van der Waals surface area (Å²) in [5, 5.41) is 13.2. The number of methoxy groups -OCH3 is 1. The van der Waals surface area contributed by atoms with Gasteiger partial charge in [0.2, 0.25) is 0 Å². The number of hydrogen-bond donors (Lipinski definition) is 2. The summed E-state index contributed by atoms with van der Waals surface area (Å²) >= 11 is 0. The van der Waals surface area contributed by atoms with Gasteiger partial charge >= 0.3 is 5.97 Å². The summed E-state index contributed by atoms with van der Waals surface area (Å²) in [6, 6.07) is 17.3. The Hall–Kier alpha value is -4.33. The molecule has 0 unspecified atom stereocenters. The Morgan fingerprint density at radius 2 is 1.66 bits per heavy atom. The van der Waals surface area contributed by atoms with Gasteiger partial charge < -0.3 is 19.3 Å². The molecule has 0 radical (unpaired) electrons. The Balaban J connectivity index is 1.64. The average molecular weight is 434 g/mol. The molecule has 3 aromatic rings. The van der Waals surface area contributed by atoms with E-state index in [0.29, 0.717) is 34.8 Å². The SMILES string of the molecule is CCOc1ccc(C(=O)Oc2ccc(C=NNC(=O)c3ccc(O)cc3)cc2OC)cc1. The van der Waals surface area contributed by atoms with Crippen LogP contribution in [0.4, 0.5) is 0 Å². The lowest BCUT2D eigenvalue weighted by molar-refractivity contribution is 0.0729. The van der Waals surface area contributed by atoms with Crippen molar-refractivity contribution in [2.75, 3.05) is 13.7 Å². The first kappa shape index (κ1) is 22.4. The molecule has 0 aliphatic heterocycles. The molecule has 0 atom stereocenters. The highest BCUT2D eigenvalue weighted by Gasteiger charge is 2.13. The van der Waals surface area contributed by atoms with E-state index in [1.807, 2.05) is 6.92 Å². The zero-order valence-electron chi connectivity index (χ0n) is 17.6. The fourth-order valence-corrected chi connectivity index (χ4v) is 2.70. The van der Waals surface area contributed by atoms with Crippen molar-refractivity contribution in [1.29, 1.82) is 0 Å². The van der Waals surface area contributed by atoms with Gasteiger partial charge in [-0.25, -0.2) is 10.2 Å². The summed E-state index contributed by atoms with van der Waals surface area (Å²) in [6.45, 7) is 2.42. The van der Waals surface area contributed by atoms with E-state index in [0.717, 1.165) is 0 Å². The zero-order chi connectivity index (χ0) is 22.9. The number of aromatic hydroxyl groups is 1. The molecular formula is C24H22N2O6. The molecule has 1 amide bonds. The smallest absolute Gasteiger partial charge is 0.343 e. The van der Waals surface area contributed by atoms with Crippen LogP contribution in [-0.2, 0) is 0 Å². The summed E-state index contributed by atoms with van der Waals surface area (Å²) in [7, 11) is 1.46. The molecule has 0 aliphatic rings. The third-order valence-corrected chi connectivity index (χ3v) is 4.30. The van der Waals surface area contributed by atoms with Crippen LogP contribution < -0.4 is 19.6 Å². The number of nitrogens with zero attached hydrogens (tertiary/aromatic N) is 1. The molecule has 8 nitrogen and oxygen atoms in total. The maximum Gasteiger partial charge on any atom is 0.343 e. The van der Waals surface area contributed by atoms with E-state index in [4.69, 9.17) is 14.2 Å². The molecule has 0 fully saturated rings. The van der Waals surface area contributed by atoms with Crippen LogP contribution in [0, 0.1) is 0 Å². The van der Waals surface area contributed by atoms with Gasteiger partial charge in [0.05, 0.1) is 25.5 Å². The maximum absolute atomic E-state index is 12.4. The van der Waals surface area contributed by atoms with Crippen molar-refractivity contribution in [3.05, 3.63) is 83.4 Å². The Morgan fingerprint density at radius 1 is 0.969 bits per heavy atom. The minimum absolute atomic E-state index is 0.0699. The van der Waals surface area contributed by atoms with Crippen molar-refractivity contribution in [2.45, 2.75) is 6.92 Å². The first-order valence-corrected chi connectivity index (χ1v) is 9.75. The van der Waals surface area contributed by atoms with E-state index in [2.05, 4.69) is 10.5 Å². The van der Waals surface area contributed by atoms with Crippen LogP contribution in [0.5, 0.6) is 23.0 Å². The van der Waals surface area contributed by atoms with Crippen LogP contribution in [0.3, 0.4) is 0 Å². The van der Waals surface area contributed by atoms with Crippen LogP contribution in [0.25, 0.3) is 0 Å². The molecule has 8 heteroatoms. The van der Waals surface area contributed by atoms with E-state index < -0.39 is 11.9 Å². The number of carbonyl (C=O) groups is 2. The molecule has 0 bridgehead atoms. The summed E-state index contributed by atoms with van der Waals surface area (Å²) < 4.78 is 16.1. The normalized spacial score (nSPS) is 10.6. The van der Waals surface area contributed by atoms with Gasteiger partial charge in [-0.05, 0) is 79.2 Å². The Morgan fingerprint density at radius 3 is 2.31 bits per heavy atom. The average Bonchev–Trinajstić information content (AvgIpc) is 2.81. The molecule has 3 aromatic carbocycles. The Labute approximate surface area is 185 Å². The first-order chi connectivity index (χ1) is 15.5. The number of ether oxygens (including phenoxy) is 3. The summed E-state index contributed by atoms with van der Waals surface area (Å²) in [5.41, 5.74) is 3.75. The van der Waals surface area contributed by atoms with Crippen molar-refractivity contribution < 1.29 is 28.9 Å². The molecule has 0 spiro atoms. The second-order valence-electron chi connectivity index (χ2n) is 6.50. The number of nitrogens with one attached hydrogen (secondary N) is 1. The number of hydrazone groups is 1. The number of hydrogen-bond acceptors (Lipinski definition) is 7. The van der Waals surface area contributed by atoms with E-state index in [1.165, 1.54) is 37.6 Å². The largest absolute Gasteiger partial charge is 0.508 e. The van der Waals surface area contributed by atoms with E-state index in [1.54, 1.807) is 42.5 Å². The predicted octanol–water partition coefficient (Wildman–Crippen LogP) is 3.78. The summed E-state index contributed by atoms with van der Waals surface area (Å²) in [5.74, 6) is 0.362. The van der Waals surface area contributed by atoms with Crippen LogP contribution in [-0.4, -0.2) is 36.9 Å². The second kappa shape index (κ2) is 10.6. The van der Waals surface area contributed by atoms with E-state index in [-0.39, 0.29) is 11.5 Å².